The zero-order chi connectivity index (χ0) is 15.1. The van der Waals surface area contributed by atoms with E-state index in [4.69, 9.17) is 0 Å². The smallest absolute Gasteiger partial charge is 0.127 e. The summed E-state index contributed by atoms with van der Waals surface area (Å²) in [5, 5.41) is 3.20. The minimum Gasteiger partial charge on any atom is -0.313 e. The number of halogens is 1. The maximum absolute atomic E-state index is 13.8. The van der Waals surface area contributed by atoms with Crippen molar-refractivity contribution in [3.63, 3.8) is 0 Å². The summed E-state index contributed by atoms with van der Waals surface area (Å²) in [7, 11) is 3.94. The van der Waals surface area contributed by atoms with Crippen LogP contribution in [0.2, 0.25) is 0 Å². The van der Waals surface area contributed by atoms with Gasteiger partial charge in [0.2, 0.25) is 0 Å². The predicted octanol–water partition coefficient (Wildman–Crippen LogP) is 3.00. The maximum Gasteiger partial charge on any atom is 0.127 e. The molecule has 0 aliphatic heterocycles. The van der Waals surface area contributed by atoms with Crippen molar-refractivity contribution in [3.8, 4) is 0 Å². The van der Waals surface area contributed by atoms with Crippen molar-refractivity contribution in [1.29, 1.82) is 0 Å². The van der Waals surface area contributed by atoms with Crippen molar-refractivity contribution < 1.29 is 4.39 Å². The number of hydrogen-bond acceptors (Lipinski definition) is 3. The van der Waals surface area contributed by atoms with E-state index < -0.39 is 0 Å². The Kier molecular flexibility index (Phi) is 5.84. The van der Waals surface area contributed by atoms with Gasteiger partial charge < -0.3 is 10.2 Å². The molecule has 2 aromatic rings. The Balaban J connectivity index is 1.90. The van der Waals surface area contributed by atoms with E-state index in [1.54, 1.807) is 12.3 Å². The molecule has 4 heteroatoms. The fourth-order valence-electron chi connectivity index (χ4n) is 2.44. The largest absolute Gasteiger partial charge is 0.313 e. The van der Waals surface area contributed by atoms with E-state index >= 15 is 0 Å². The van der Waals surface area contributed by atoms with Crippen LogP contribution in [-0.2, 0) is 6.54 Å². The molecule has 1 N–H and O–H groups in total. The second-order valence-electron chi connectivity index (χ2n) is 5.25. The molecule has 21 heavy (non-hydrogen) atoms. The van der Waals surface area contributed by atoms with Crippen LogP contribution in [0, 0.1) is 5.82 Å². The van der Waals surface area contributed by atoms with Gasteiger partial charge in [-0.05, 0) is 44.8 Å². The number of benzene rings is 1. The van der Waals surface area contributed by atoms with Crippen molar-refractivity contribution in [2.45, 2.75) is 19.0 Å². The molecule has 0 saturated carbocycles. The third kappa shape index (κ3) is 4.62. The Bertz CT molecular complexity index is 545. The summed E-state index contributed by atoms with van der Waals surface area (Å²) in [6.45, 7) is 1.73. The highest BCUT2D eigenvalue weighted by Gasteiger charge is 2.14. The monoisotopic (exact) mass is 287 g/mol. The highest BCUT2D eigenvalue weighted by atomic mass is 19.1. The molecule has 1 atom stereocenters. The Hall–Kier alpha value is -1.78. The van der Waals surface area contributed by atoms with Gasteiger partial charge in [0, 0.05) is 30.5 Å². The van der Waals surface area contributed by atoms with Crippen LogP contribution >= 0.6 is 0 Å². The van der Waals surface area contributed by atoms with Gasteiger partial charge in [-0.3, -0.25) is 4.98 Å². The molecular formula is C17H22FN3. The number of nitrogens with one attached hydrogen (secondary N) is 1. The third-order valence-corrected chi connectivity index (χ3v) is 3.60. The van der Waals surface area contributed by atoms with Gasteiger partial charge in [-0.15, -0.1) is 0 Å². The second kappa shape index (κ2) is 7.86. The topological polar surface area (TPSA) is 28.2 Å². The first-order valence-corrected chi connectivity index (χ1v) is 7.20. The zero-order valence-corrected chi connectivity index (χ0v) is 12.6. The van der Waals surface area contributed by atoms with Crippen molar-refractivity contribution in [2.24, 2.45) is 0 Å². The molecule has 0 amide bonds. The van der Waals surface area contributed by atoms with Crippen LogP contribution in [0.4, 0.5) is 4.39 Å². The number of aromatic nitrogens is 1. The minimum absolute atomic E-state index is 0.0301. The highest BCUT2D eigenvalue weighted by Crippen LogP contribution is 2.20. The second-order valence-corrected chi connectivity index (χ2v) is 5.25. The molecule has 0 bridgehead atoms. The summed E-state index contributed by atoms with van der Waals surface area (Å²) >= 11 is 0. The number of pyridine rings is 1. The molecule has 0 fully saturated rings. The SMILES string of the molecule is CNC(CCN(C)Cc1cccnc1)c1ccccc1F. The average molecular weight is 287 g/mol. The van der Waals surface area contributed by atoms with Crippen molar-refractivity contribution >= 4 is 0 Å². The van der Waals surface area contributed by atoms with Gasteiger partial charge >= 0.3 is 0 Å². The maximum atomic E-state index is 13.8. The van der Waals surface area contributed by atoms with Gasteiger partial charge in [0.1, 0.15) is 5.82 Å². The number of nitrogens with zero attached hydrogens (tertiary/aromatic N) is 2. The molecule has 0 aliphatic carbocycles. The van der Waals surface area contributed by atoms with Gasteiger partial charge in [0.15, 0.2) is 0 Å². The molecule has 112 valence electrons. The summed E-state index contributed by atoms with van der Waals surface area (Å²) in [6.07, 6.45) is 4.51. The zero-order valence-electron chi connectivity index (χ0n) is 12.6. The van der Waals surface area contributed by atoms with E-state index in [0.717, 1.165) is 25.1 Å². The van der Waals surface area contributed by atoms with Crippen LogP contribution < -0.4 is 5.32 Å². The Morgan fingerprint density at radius 2 is 2.05 bits per heavy atom. The summed E-state index contributed by atoms with van der Waals surface area (Å²) < 4.78 is 13.8. The van der Waals surface area contributed by atoms with E-state index in [9.17, 15) is 4.39 Å². The molecule has 0 saturated heterocycles. The van der Waals surface area contributed by atoms with E-state index in [0.29, 0.717) is 0 Å². The van der Waals surface area contributed by atoms with E-state index in [2.05, 4.69) is 28.3 Å². The van der Waals surface area contributed by atoms with E-state index in [-0.39, 0.29) is 11.9 Å². The highest BCUT2D eigenvalue weighted by molar-refractivity contribution is 5.21. The Morgan fingerprint density at radius 1 is 1.24 bits per heavy atom. The van der Waals surface area contributed by atoms with E-state index in [1.165, 1.54) is 11.6 Å². The van der Waals surface area contributed by atoms with Crippen molar-refractivity contribution in [3.05, 3.63) is 65.7 Å². The lowest BCUT2D eigenvalue weighted by Crippen LogP contribution is -2.25. The van der Waals surface area contributed by atoms with Crippen LogP contribution in [0.3, 0.4) is 0 Å². The Labute approximate surface area is 125 Å². The first-order valence-electron chi connectivity index (χ1n) is 7.20. The molecule has 1 unspecified atom stereocenters. The van der Waals surface area contributed by atoms with Gasteiger partial charge in [0.05, 0.1) is 0 Å². The predicted molar refractivity (Wildman–Crippen MR) is 83.4 cm³/mol. The molecular weight excluding hydrogens is 265 g/mol. The summed E-state index contributed by atoms with van der Waals surface area (Å²) in [5.41, 5.74) is 1.92. The minimum atomic E-state index is -0.147. The normalized spacial score (nSPS) is 12.6. The molecule has 2 rings (SSSR count). The van der Waals surface area contributed by atoms with Crippen molar-refractivity contribution in [2.75, 3.05) is 20.6 Å². The van der Waals surface area contributed by atoms with Gasteiger partial charge in [0.25, 0.3) is 0 Å². The molecule has 3 nitrogen and oxygen atoms in total. The Morgan fingerprint density at radius 3 is 2.71 bits per heavy atom. The average Bonchev–Trinajstić information content (AvgIpc) is 2.50. The molecule has 0 spiro atoms. The van der Waals surface area contributed by atoms with E-state index in [1.807, 2.05) is 31.4 Å². The lowest BCUT2D eigenvalue weighted by molar-refractivity contribution is 0.302. The fraction of sp³-hybridized carbons (Fsp3) is 0.353. The molecule has 0 aliphatic rings. The van der Waals surface area contributed by atoms with Crippen LogP contribution in [0.5, 0.6) is 0 Å². The first-order chi connectivity index (χ1) is 10.2. The fourth-order valence-corrected chi connectivity index (χ4v) is 2.44. The summed E-state index contributed by atoms with van der Waals surface area (Å²) in [4.78, 5) is 6.34. The number of hydrogen-bond donors (Lipinski definition) is 1. The first kappa shape index (κ1) is 15.6. The molecule has 1 aromatic heterocycles. The standard InChI is InChI=1S/C17H22FN3/c1-19-17(15-7-3-4-8-16(15)18)9-11-21(2)13-14-6-5-10-20-12-14/h3-8,10,12,17,19H,9,11,13H2,1-2H3. The van der Waals surface area contributed by atoms with Crippen LogP contribution in [0.15, 0.2) is 48.8 Å². The lowest BCUT2D eigenvalue weighted by Gasteiger charge is -2.22. The summed E-state index contributed by atoms with van der Waals surface area (Å²) in [5.74, 6) is -0.147. The van der Waals surface area contributed by atoms with Gasteiger partial charge in [-0.25, -0.2) is 4.39 Å². The summed E-state index contributed by atoms with van der Waals surface area (Å²) in [6, 6.07) is 11.0. The van der Waals surface area contributed by atoms with Gasteiger partial charge in [-0.1, -0.05) is 24.3 Å². The van der Waals surface area contributed by atoms with Crippen LogP contribution in [-0.4, -0.2) is 30.5 Å². The van der Waals surface area contributed by atoms with Crippen LogP contribution in [0.25, 0.3) is 0 Å². The molecule has 1 heterocycles. The van der Waals surface area contributed by atoms with Crippen molar-refractivity contribution in [1.82, 2.24) is 15.2 Å². The third-order valence-electron chi connectivity index (χ3n) is 3.60. The number of rotatable bonds is 7. The van der Waals surface area contributed by atoms with Crippen LogP contribution in [0.1, 0.15) is 23.6 Å². The van der Waals surface area contributed by atoms with Gasteiger partial charge in [-0.2, -0.15) is 0 Å². The lowest BCUT2D eigenvalue weighted by atomic mass is 10.0. The molecule has 1 aromatic carbocycles. The quantitative estimate of drug-likeness (QED) is 0.848. The molecule has 0 radical (unpaired) electrons.